The maximum absolute atomic E-state index is 11.0. The predicted molar refractivity (Wildman–Crippen MR) is 113 cm³/mol. The highest BCUT2D eigenvalue weighted by Gasteiger charge is 2.42. The first-order valence-electron chi connectivity index (χ1n) is 10.2. The van der Waals surface area contributed by atoms with E-state index < -0.39 is 6.10 Å². The van der Waals surface area contributed by atoms with Crippen molar-refractivity contribution in [3.05, 3.63) is 60.9 Å². The van der Waals surface area contributed by atoms with E-state index in [2.05, 4.69) is 19.8 Å². The molecule has 2 aromatic carbocycles. The second-order valence-electron chi connectivity index (χ2n) is 8.00. The monoisotopic (exact) mass is 392 g/mol. The van der Waals surface area contributed by atoms with Gasteiger partial charge in [0.25, 0.3) is 0 Å². The predicted octanol–water partition coefficient (Wildman–Crippen LogP) is 1.89. The fraction of sp³-hybridized carbons (Fsp3) is 0.364. The van der Waals surface area contributed by atoms with Crippen LogP contribution in [0.3, 0.4) is 0 Å². The summed E-state index contributed by atoms with van der Waals surface area (Å²) in [5.74, 6) is 0.880. The number of benzene rings is 2. The molecule has 0 amide bonds. The average molecular weight is 392 g/mol. The maximum Gasteiger partial charge on any atom is 0.165 e. The van der Waals surface area contributed by atoms with E-state index in [9.17, 15) is 10.3 Å². The third kappa shape index (κ3) is 3.36. The van der Waals surface area contributed by atoms with Gasteiger partial charge in [-0.2, -0.15) is 0 Å². The number of aromatic nitrogens is 2. The van der Waals surface area contributed by atoms with Crippen LogP contribution in [0.1, 0.15) is 0 Å². The van der Waals surface area contributed by atoms with Crippen molar-refractivity contribution in [3.63, 3.8) is 0 Å². The Morgan fingerprint density at radius 2 is 1.62 bits per heavy atom. The average Bonchev–Trinajstić information content (AvgIpc) is 3.16. The number of para-hydroxylation sites is 2. The van der Waals surface area contributed by atoms with Gasteiger partial charge in [0.2, 0.25) is 0 Å². The molecule has 0 aliphatic carbocycles. The molecule has 0 bridgehead atoms. The van der Waals surface area contributed by atoms with Crippen LogP contribution in [0.2, 0.25) is 0 Å². The highest BCUT2D eigenvalue weighted by molar-refractivity contribution is 5.89. The Kier molecular flexibility index (Phi) is 4.67. The number of rotatable bonds is 3. The summed E-state index contributed by atoms with van der Waals surface area (Å²) >= 11 is 0. The number of hydrogen-bond donors (Lipinski definition) is 2. The normalized spacial score (nSPS) is 24.8. The molecular formula is C22H26N5O2+. The molecule has 2 aliphatic heterocycles. The van der Waals surface area contributed by atoms with Crippen LogP contribution in [-0.2, 0) is 0 Å². The molecule has 0 saturated carbocycles. The summed E-state index contributed by atoms with van der Waals surface area (Å²) in [7, 11) is 0. The Labute approximate surface area is 170 Å². The van der Waals surface area contributed by atoms with Crippen molar-refractivity contribution in [1.82, 2.24) is 19.5 Å². The highest BCUT2D eigenvalue weighted by Crippen LogP contribution is 2.29. The van der Waals surface area contributed by atoms with E-state index in [1.54, 1.807) is 6.33 Å². The minimum atomic E-state index is -0.445. The van der Waals surface area contributed by atoms with Crippen molar-refractivity contribution in [1.29, 1.82) is 0 Å². The Morgan fingerprint density at radius 3 is 2.41 bits per heavy atom. The minimum Gasteiger partial charge on any atom is -0.390 e. The van der Waals surface area contributed by atoms with Crippen LogP contribution in [0, 0.1) is 0 Å². The summed E-state index contributed by atoms with van der Waals surface area (Å²) in [6.45, 7) is 3.99. The molecular weight excluding hydrogens is 366 g/mol. The van der Waals surface area contributed by atoms with Crippen LogP contribution in [0.4, 0.5) is 11.5 Å². The zero-order valence-electron chi connectivity index (χ0n) is 16.3. The van der Waals surface area contributed by atoms with Crippen molar-refractivity contribution in [3.8, 4) is 0 Å². The molecule has 0 radical (unpaired) electrons. The van der Waals surface area contributed by atoms with Crippen molar-refractivity contribution >= 4 is 22.4 Å². The molecule has 2 atom stereocenters. The summed E-state index contributed by atoms with van der Waals surface area (Å²) in [5, 5.41) is 22.8. The SMILES string of the molecule is OC1CN(c2ncnc3ccccc23)CC1N1CC[N+](O)(c2ccccc2)CC1. The van der Waals surface area contributed by atoms with Crippen molar-refractivity contribution in [2.24, 2.45) is 0 Å². The Morgan fingerprint density at radius 1 is 0.897 bits per heavy atom. The van der Waals surface area contributed by atoms with Gasteiger partial charge in [0.05, 0.1) is 30.8 Å². The number of piperazine rings is 1. The standard InChI is InChI=1S/C22H26N5O2/c28-21-15-26(22-18-8-4-5-9-19(18)23-16-24-22)14-20(21)25-10-12-27(29,13-11-25)17-6-2-1-3-7-17/h1-9,16,20-21,28-29H,10-15H2/q+1. The molecule has 150 valence electrons. The van der Waals surface area contributed by atoms with Gasteiger partial charge in [-0.1, -0.05) is 30.3 Å². The van der Waals surface area contributed by atoms with Crippen molar-refractivity contribution < 1.29 is 10.3 Å². The Bertz CT molecular complexity index is 985. The lowest BCUT2D eigenvalue weighted by Gasteiger charge is -2.41. The molecule has 29 heavy (non-hydrogen) atoms. The molecule has 2 fully saturated rings. The van der Waals surface area contributed by atoms with E-state index in [0.717, 1.165) is 42.0 Å². The number of aliphatic hydroxyl groups is 1. The van der Waals surface area contributed by atoms with E-state index in [0.29, 0.717) is 19.6 Å². The second-order valence-corrected chi connectivity index (χ2v) is 8.00. The van der Waals surface area contributed by atoms with E-state index in [-0.39, 0.29) is 10.7 Å². The molecule has 2 N–H and O–H groups in total. The van der Waals surface area contributed by atoms with Gasteiger partial charge in [0.1, 0.15) is 25.2 Å². The van der Waals surface area contributed by atoms with Crippen LogP contribution in [0.15, 0.2) is 60.9 Å². The van der Waals surface area contributed by atoms with E-state index in [1.165, 1.54) is 0 Å². The fourth-order valence-electron chi connectivity index (χ4n) is 4.65. The number of anilines is 1. The van der Waals surface area contributed by atoms with Crippen LogP contribution >= 0.6 is 0 Å². The molecule has 7 nitrogen and oxygen atoms in total. The second kappa shape index (κ2) is 7.35. The first-order valence-corrected chi connectivity index (χ1v) is 10.2. The maximum atomic E-state index is 11.0. The molecule has 1 aromatic heterocycles. The van der Waals surface area contributed by atoms with Gasteiger partial charge in [-0.25, -0.2) is 15.2 Å². The van der Waals surface area contributed by atoms with Crippen LogP contribution < -0.4 is 9.55 Å². The Hall–Kier alpha value is -2.58. The summed E-state index contributed by atoms with van der Waals surface area (Å²) < 4.78 is -0.0413. The highest BCUT2D eigenvalue weighted by atomic mass is 16.5. The molecule has 3 aromatic rings. The van der Waals surface area contributed by atoms with Crippen LogP contribution in [0.5, 0.6) is 0 Å². The number of fused-ring (bicyclic) bond motifs is 1. The van der Waals surface area contributed by atoms with Gasteiger partial charge in [-0.3, -0.25) is 4.90 Å². The van der Waals surface area contributed by atoms with Crippen LogP contribution in [-0.4, -0.2) is 76.6 Å². The lowest BCUT2D eigenvalue weighted by molar-refractivity contribution is -0.115. The summed E-state index contributed by atoms with van der Waals surface area (Å²) in [6.07, 6.45) is 1.15. The molecule has 0 spiro atoms. The van der Waals surface area contributed by atoms with Gasteiger partial charge in [-0.05, 0) is 12.1 Å². The van der Waals surface area contributed by atoms with Crippen LogP contribution in [0.25, 0.3) is 10.9 Å². The smallest absolute Gasteiger partial charge is 0.165 e. The molecule has 5 rings (SSSR count). The topological polar surface area (TPSA) is 72.7 Å². The molecule has 2 aliphatic rings. The first-order chi connectivity index (χ1) is 14.1. The number of nitrogens with zero attached hydrogens (tertiary/aromatic N) is 5. The zero-order chi connectivity index (χ0) is 19.8. The number of hydrogen-bond acceptors (Lipinski definition) is 6. The molecule has 7 heteroatoms. The van der Waals surface area contributed by atoms with E-state index in [1.807, 2.05) is 54.6 Å². The quantitative estimate of drug-likeness (QED) is 0.664. The molecule has 3 heterocycles. The van der Waals surface area contributed by atoms with Gasteiger partial charge < -0.3 is 10.0 Å². The van der Waals surface area contributed by atoms with E-state index in [4.69, 9.17) is 0 Å². The number of β-amino-alcohol motifs (C(OH)–C–C–N with tert-alkyl or cyclic N) is 1. The number of quaternary nitrogens is 1. The molecule has 2 saturated heterocycles. The van der Waals surface area contributed by atoms with Gasteiger partial charge in [0, 0.05) is 30.6 Å². The third-order valence-electron chi connectivity index (χ3n) is 6.30. The van der Waals surface area contributed by atoms with Gasteiger partial charge in [0.15, 0.2) is 5.69 Å². The summed E-state index contributed by atoms with van der Waals surface area (Å²) in [5.41, 5.74) is 1.84. The number of hydroxylamine groups is 2. The third-order valence-corrected chi connectivity index (χ3v) is 6.30. The van der Waals surface area contributed by atoms with Crippen molar-refractivity contribution in [2.75, 3.05) is 44.2 Å². The van der Waals surface area contributed by atoms with Crippen molar-refractivity contribution in [2.45, 2.75) is 12.1 Å². The summed E-state index contributed by atoms with van der Waals surface area (Å²) in [6, 6.07) is 17.8. The van der Waals surface area contributed by atoms with Gasteiger partial charge in [-0.15, -0.1) is 4.65 Å². The first kappa shape index (κ1) is 18.4. The number of aliphatic hydroxyl groups excluding tert-OH is 1. The minimum absolute atomic E-state index is 0.0354. The Balaban J connectivity index is 1.31. The zero-order valence-corrected chi connectivity index (χ0v) is 16.3. The van der Waals surface area contributed by atoms with Gasteiger partial charge >= 0.3 is 0 Å². The van der Waals surface area contributed by atoms with E-state index >= 15 is 0 Å². The lowest BCUT2D eigenvalue weighted by atomic mass is 10.1. The lowest BCUT2D eigenvalue weighted by Crippen LogP contribution is -2.62. The molecule has 2 unspecified atom stereocenters. The summed E-state index contributed by atoms with van der Waals surface area (Å²) in [4.78, 5) is 13.3. The largest absolute Gasteiger partial charge is 0.390 e. The fourth-order valence-corrected chi connectivity index (χ4v) is 4.65.